The lowest BCUT2D eigenvalue weighted by Gasteiger charge is -2.26. The molecule has 0 aliphatic rings. The minimum Gasteiger partial charge on any atom is -0.545 e. The van der Waals surface area contributed by atoms with Gasteiger partial charge in [-0.05, 0) is 12.8 Å². The predicted molar refractivity (Wildman–Crippen MR) is 385 cm³/mol. The highest BCUT2D eigenvalue weighted by Crippen LogP contribution is 2.21. The normalized spacial score (nSPS) is 12.5. The van der Waals surface area contributed by atoms with Crippen LogP contribution < -0.4 is 5.11 Å². The summed E-state index contributed by atoms with van der Waals surface area (Å²) in [6.07, 6.45) is 86.8. The lowest BCUT2D eigenvalue weighted by Crippen LogP contribution is -2.44. The van der Waals surface area contributed by atoms with Crippen LogP contribution in [-0.4, -0.2) is 82.3 Å². The lowest BCUT2D eigenvalue weighted by atomic mass is 10.0. The van der Waals surface area contributed by atoms with E-state index in [-0.39, 0.29) is 32.2 Å². The first-order valence-corrected chi connectivity index (χ1v) is 40.7. The summed E-state index contributed by atoms with van der Waals surface area (Å²) in [4.78, 5) is 37.6. The number of carboxylic acid groups (broad SMARTS) is 1. The Hall–Kier alpha value is -1.71. The van der Waals surface area contributed by atoms with Gasteiger partial charge in [-0.2, -0.15) is 0 Å². The molecule has 0 bridgehead atoms. The number of aliphatic carboxylic acids is 1. The number of nitrogens with zero attached hydrogens (tertiary/aromatic N) is 1. The molecular formula is C81H159NO8. The first kappa shape index (κ1) is 88.3. The van der Waals surface area contributed by atoms with Crippen molar-refractivity contribution in [3.8, 4) is 0 Å². The van der Waals surface area contributed by atoms with Gasteiger partial charge in [-0.15, -0.1) is 0 Å². The number of hydrogen-bond donors (Lipinski definition) is 0. The number of esters is 2. The van der Waals surface area contributed by atoms with Crippen molar-refractivity contribution in [1.29, 1.82) is 0 Å². The van der Waals surface area contributed by atoms with Crippen LogP contribution in [0.4, 0.5) is 0 Å². The van der Waals surface area contributed by atoms with Crippen LogP contribution in [0, 0.1) is 0 Å². The summed E-state index contributed by atoms with van der Waals surface area (Å²) in [5.74, 6) is -2.24. The van der Waals surface area contributed by atoms with Crippen LogP contribution in [0.2, 0.25) is 0 Å². The predicted octanol–water partition coefficient (Wildman–Crippen LogP) is 24.4. The van der Waals surface area contributed by atoms with E-state index in [9.17, 15) is 19.5 Å². The highest BCUT2D eigenvalue weighted by atomic mass is 16.7. The van der Waals surface area contributed by atoms with Gasteiger partial charge in [0.2, 0.25) is 0 Å². The Kier molecular flexibility index (Phi) is 71.7. The number of hydrogen-bond acceptors (Lipinski definition) is 8. The monoisotopic (exact) mass is 1270 g/mol. The Bertz CT molecular complexity index is 1440. The van der Waals surface area contributed by atoms with E-state index in [1.54, 1.807) is 0 Å². The Morgan fingerprint density at radius 1 is 0.289 bits per heavy atom. The molecule has 0 rings (SSSR count). The number of likely N-dealkylation sites (N-methyl/N-ethyl adjacent to an activating group) is 1. The molecule has 536 valence electrons. The molecule has 0 saturated heterocycles. The summed E-state index contributed by atoms with van der Waals surface area (Å²) in [5.41, 5.74) is 0. The highest BCUT2D eigenvalue weighted by molar-refractivity contribution is 5.70. The second-order valence-electron chi connectivity index (χ2n) is 29.4. The molecule has 0 heterocycles. The second kappa shape index (κ2) is 73.1. The van der Waals surface area contributed by atoms with Crippen molar-refractivity contribution >= 4 is 17.9 Å². The molecule has 0 aromatic carbocycles. The van der Waals surface area contributed by atoms with E-state index in [0.717, 1.165) is 38.5 Å². The molecule has 0 aromatic heterocycles. The van der Waals surface area contributed by atoms with E-state index >= 15 is 0 Å². The van der Waals surface area contributed by atoms with Crippen molar-refractivity contribution in [2.24, 2.45) is 0 Å². The molecule has 2 unspecified atom stereocenters. The van der Waals surface area contributed by atoms with Gasteiger partial charge in [0, 0.05) is 12.8 Å². The zero-order valence-electron chi connectivity index (χ0n) is 61.6. The van der Waals surface area contributed by atoms with E-state index in [1.807, 2.05) is 21.1 Å². The smallest absolute Gasteiger partial charge is 0.306 e. The molecule has 0 amide bonds. The molecule has 2 atom stereocenters. The van der Waals surface area contributed by atoms with E-state index in [4.69, 9.17) is 18.9 Å². The summed E-state index contributed by atoms with van der Waals surface area (Å²) in [6.45, 7) is 4.85. The number of carbonyl (C=O) groups excluding carboxylic acids is 3. The van der Waals surface area contributed by atoms with Crippen LogP contribution in [-0.2, 0) is 33.3 Å². The topological polar surface area (TPSA) is 111 Å². The third-order valence-corrected chi connectivity index (χ3v) is 19.1. The zero-order valence-corrected chi connectivity index (χ0v) is 61.6. The summed E-state index contributed by atoms with van der Waals surface area (Å²) in [7, 11) is 5.96. The van der Waals surface area contributed by atoms with Gasteiger partial charge in [0.05, 0.1) is 40.3 Å². The molecule has 0 saturated carbocycles. The Morgan fingerprint density at radius 2 is 0.500 bits per heavy atom. The van der Waals surface area contributed by atoms with Crippen LogP contribution >= 0.6 is 0 Å². The first-order chi connectivity index (χ1) is 44.1. The maximum absolute atomic E-state index is 13.0. The summed E-state index contributed by atoms with van der Waals surface area (Å²) < 4.78 is 22.9. The summed E-state index contributed by atoms with van der Waals surface area (Å²) >= 11 is 0. The molecule has 0 aliphatic carbocycles. The number of carbonyl (C=O) groups is 3. The number of ether oxygens (including phenoxy) is 4. The SMILES string of the molecule is CCCCCCCCCCCCCCCCCCCCCCCCCCCCCCCCCCCCCCCCCCCC(=O)OC(COC(=O)CCCCCCCCCCCCCCCCCCCCCCCCCC)COC(OCC[N+](C)(C)C)C(=O)[O-]. The third kappa shape index (κ3) is 73.7. The van der Waals surface area contributed by atoms with Gasteiger partial charge in [-0.1, -0.05) is 418 Å². The number of quaternary nitrogens is 1. The molecule has 0 N–H and O–H groups in total. The van der Waals surface area contributed by atoms with Crippen molar-refractivity contribution in [2.75, 3.05) is 47.5 Å². The molecule has 9 heteroatoms. The highest BCUT2D eigenvalue weighted by Gasteiger charge is 2.22. The van der Waals surface area contributed by atoms with E-state index in [1.165, 1.54) is 379 Å². The Morgan fingerprint density at radius 3 is 0.711 bits per heavy atom. The molecule has 0 radical (unpaired) electrons. The Labute approximate surface area is 562 Å². The molecular weight excluding hydrogens is 1110 g/mol. The number of unbranched alkanes of at least 4 members (excludes halogenated alkanes) is 63. The largest absolute Gasteiger partial charge is 0.545 e. The van der Waals surface area contributed by atoms with Crippen LogP contribution in [0.15, 0.2) is 0 Å². The van der Waals surface area contributed by atoms with E-state index in [2.05, 4.69) is 13.8 Å². The fourth-order valence-corrected chi connectivity index (χ4v) is 12.9. The summed E-state index contributed by atoms with van der Waals surface area (Å²) in [6, 6.07) is 0. The molecule has 9 nitrogen and oxygen atoms in total. The maximum Gasteiger partial charge on any atom is 0.306 e. The average Bonchev–Trinajstić information content (AvgIpc) is 3.73. The fourth-order valence-electron chi connectivity index (χ4n) is 12.9. The third-order valence-electron chi connectivity index (χ3n) is 19.1. The lowest BCUT2D eigenvalue weighted by molar-refractivity contribution is -0.870. The van der Waals surface area contributed by atoms with Gasteiger partial charge >= 0.3 is 11.9 Å². The molecule has 0 fully saturated rings. The average molecular weight is 1280 g/mol. The van der Waals surface area contributed by atoms with Crippen LogP contribution in [0.3, 0.4) is 0 Å². The number of carboxylic acids is 1. The minimum absolute atomic E-state index is 0.154. The van der Waals surface area contributed by atoms with Gasteiger partial charge in [-0.3, -0.25) is 9.59 Å². The van der Waals surface area contributed by atoms with Gasteiger partial charge in [-0.25, -0.2) is 0 Å². The van der Waals surface area contributed by atoms with Gasteiger partial charge < -0.3 is 33.3 Å². The maximum atomic E-state index is 13.0. The van der Waals surface area contributed by atoms with Crippen molar-refractivity contribution in [3.63, 3.8) is 0 Å². The van der Waals surface area contributed by atoms with Crippen molar-refractivity contribution < 1.29 is 42.9 Å². The van der Waals surface area contributed by atoms with Crippen LogP contribution in [0.5, 0.6) is 0 Å². The second-order valence-corrected chi connectivity index (χ2v) is 29.4. The van der Waals surface area contributed by atoms with Crippen molar-refractivity contribution in [3.05, 3.63) is 0 Å². The van der Waals surface area contributed by atoms with E-state index in [0.29, 0.717) is 17.4 Å². The number of rotatable bonds is 78. The molecule has 0 spiro atoms. The zero-order chi connectivity index (χ0) is 65.4. The quantitative estimate of drug-likeness (QED) is 0.0256. The van der Waals surface area contributed by atoms with Crippen LogP contribution in [0.1, 0.15) is 444 Å². The van der Waals surface area contributed by atoms with Crippen LogP contribution in [0.25, 0.3) is 0 Å². The van der Waals surface area contributed by atoms with Crippen molar-refractivity contribution in [2.45, 2.75) is 456 Å². The molecule has 90 heavy (non-hydrogen) atoms. The van der Waals surface area contributed by atoms with Gasteiger partial charge in [0.15, 0.2) is 12.4 Å². The van der Waals surface area contributed by atoms with Gasteiger partial charge in [0.1, 0.15) is 13.2 Å². The standard InChI is InChI=1S/C81H159NO8/c1-6-8-10-12-14-16-18-20-22-24-26-28-30-32-33-34-35-36-37-38-39-40-41-42-43-44-45-46-47-48-50-52-54-56-58-60-62-64-66-68-70-72-79(84)90-77(76-89-81(80(85)86)87-74-73-82(3,4)5)75-88-78(83)71-69-67-65-63-61-59-57-55-53-51-49-31-29-27-25-23-21-19-17-15-13-11-9-7-2/h77,81H,6-76H2,1-5H3. The molecule has 0 aromatic rings. The minimum atomic E-state index is -1.62. The fraction of sp³-hybridized carbons (Fsp3) is 0.963. The Balaban J connectivity index is 3.89. The first-order valence-electron chi connectivity index (χ1n) is 40.7. The summed E-state index contributed by atoms with van der Waals surface area (Å²) in [5, 5.41) is 11.8. The van der Waals surface area contributed by atoms with Gasteiger partial charge in [0.25, 0.3) is 0 Å². The van der Waals surface area contributed by atoms with E-state index < -0.39 is 24.3 Å². The molecule has 0 aliphatic heterocycles. The van der Waals surface area contributed by atoms with Crippen molar-refractivity contribution in [1.82, 2.24) is 0 Å².